The number of rotatable bonds is 7. The Morgan fingerprint density at radius 1 is 1.47 bits per heavy atom. The summed E-state index contributed by atoms with van der Waals surface area (Å²) in [4.78, 5) is 10.7. The van der Waals surface area contributed by atoms with Crippen LogP contribution in [0.1, 0.15) is 57.8 Å². The molecule has 1 aliphatic rings. The molecular weight excluding hydrogens is 262 g/mol. The Labute approximate surface area is 117 Å². The maximum Gasteiger partial charge on any atom is 0.313 e. The Kier molecular flexibility index (Phi) is 4.50. The largest absolute Gasteiger partial charge is 0.481 e. The number of thioether (sulfide) groups is 1. The van der Waals surface area contributed by atoms with Gasteiger partial charge < -0.3 is 9.67 Å². The van der Waals surface area contributed by atoms with E-state index < -0.39 is 5.97 Å². The number of hydrogen-bond donors (Lipinski definition) is 1. The van der Waals surface area contributed by atoms with Crippen molar-refractivity contribution in [3.8, 4) is 0 Å². The molecule has 1 heterocycles. The molecule has 1 fully saturated rings. The zero-order valence-corrected chi connectivity index (χ0v) is 12.5. The molecule has 0 aliphatic heterocycles. The topological polar surface area (TPSA) is 68.0 Å². The molecule has 5 nitrogen and oxygen atoms in total. The summed E-state index contributed by atoms with van der Waals surface area (Å²) in [5, 5.41) is 18.0. The summed E-state index contributed by atoms with van der Waals surface area (Å²) in [6.45, 7) is 6.56. The van der Waals surface area contributed by atoms with Crippen molar-refractivity contribution in [3.63, 3.8) is 0 Å². The highest BCUT2D eigenvalue weighted by Crippen LogP contribution is 2.42. The molecule has 0 radical (unpaired) electrons. The summed E-state index contributed by atoms with van der Waals surface area (Å²) in [6.07, 6.45) is 3.44. The molecule has 1 aromatic heterocycles. The van der Waals surface area contributed by atoms with E-state index in [9.17, 15) is 4.79 Å². The first kappa shape index (κ1) is 14.4. The molecule has 0 bridgehead atoms. The van der Waals surface area contributed by atoms with Crippen molar-refractivity contribution in [2.45, 2.75) is 57.1 Å². The second kappa shape index (κ2) is 5.94. The van der Waals surface area contributed by atoms with Crippen LogP contribution in [0.25, 0.3) is 0 Å². The predicted molar refractivity (Wildman–Crippen MR) is 74.5 cm³/mol. The highest BCUT2D eigenvalue weighted by atomic mass is 32.2. The number of carboxylic acid groups (broad SMARTS) is 1. The number of aliphatic carboxylic acids is 1. The van der Waals surface area contributed by atoms with Gasteiger partial charge in [-0.3, -0.25) is 4.79 Å². The highest BCUT2D eigenvalue weighted by Gasteiger charge is 2.32. The van der Waals surface area contributed by atoms with Gasteiger partial charge in [0.05, 0.1) is 5.75 Å². The second-order valence-corrected chi connectivity index (χ2v) is 6.24. The first-order valence-corrected chi connectivity index (χ1v) is 7.82. The van der Waals surface area contributed by atoms with Crippen molar-refractivity contribution in [3.05, 3.63) is 5.82 Å². The van der Waals surface area contributed by atoms with Crippen LogP contribution in [0, 0.1) is 5.92 Å². The molecule has 106 valence electrons. The molecule has 1 saturated carbocycles. The van der Waals surface area contributed by atoms with Crippen LogP contribution in [0.5, 0.6) is 0 Å². The van der Waals surface area contributed by atoms with E-state index in [0.717, 1.165) is 17.4 Å². The molecule has 1 aromatic rings. The van der Waals surface area contributed by atoms with Gasteiger partial charge in [0.1, 0.15) is 5.82 Å². The average molecular weight is 283 g/mol. The van der Waals surface area contributed by atoms with E-state index in [-0.39, 0.29) is 5.75 Å². The Hall–Kier alpha value is -1.04. The molecule has 2 atom stereocenters. The summed E-state index contributed by atoms with van der Waals surface area (Å²) in [6, 6.07) is 0.312. The molecule has 1 aliphatic carbocycles. The summed E-state index contributed by atoms with van der Waals surface area (Å²) in [5.74, 6) is 1.32. The van der Waals surface area contributed by atoms with Crippen LogP contribution in [0.15, 0.2) is 5.16 Å². The smallest absolute Gasteiger partial charge is 0.313 e. The van der Waals surface area contributed by atoms with Crippen LogP contribution in [-0.4, -0.2) is 31.6 Å². The van der Waals surface area contributed by atoms with Crippen molar-refractivity contribution >= 4 is 17.7 Å². The van der Waals surface area contributed by atoms with E-state index >= 15 is 0 Å². The minimum absolute atomic E-state index is 0.0377. The summed E-state index contributed by atoms with van der Waals surface area (Å²) >= 11 is 1.27. The van der Waals surface area contributed by atoms with Gasteiger partial charge in [-0.2, -0.15) is 0 Å². The van der Waals surface area contributed by atoms with Crippen LogP contribution in [0.3, 0.4) is 0 Å². The fraction of sp³-hybridized carbons (Fsp3) is 0.769. The van der Waals surface area contributed by atoms with E-state index in [4.69, 9.17) is 5.11 Å². The van der Waals surface area contributed by atoms with E-state index in [0.29, 0.717) is 17.9 Å². The number of carbonyl (C=O) groups is 1. The van der Waals surface area contributed by atoms with Crippen molar-refractivity contribution in [1.82, 2.24) is 14.8 Å². The molecule has 6 heteroatoms. The summed E-state index contributed by atoms with van der Waals surface area (Å²) < 4.78 is 2.17. The van der Waals surface area contributed by atoms with Crippen LogP contribution in [0.2, 0.25) is 0 Å². The molecule has 2 unspecified atom stereocenters. The summed E-state index contributed by atoms with van der Waals surface area (Å²) in [7, 11) is 0. The predicted octanol–water partition coefficient (Wildman–Crippen LogP) is 2.94. The standard InChI is InChI=1S/C13H21N3O2S/c1-4-8(2)9(3)16-12(10-5-6-10)14-15-13(16)19-7-11(17)18/h8-10H,4-7H2,1-3H3,(H,17,18). The number of aromatic nitrogens is 3. The third-order valence-electron chi connectivity index (χ3n) is 3.83. The zero-order chi connectivity index (χ0) is 14.0. The Morgan fingerprint density at radius 2 is 2.16 bits per heavy atom. The zero-order valence-electron chi connectivity index (χ0n) is 11.7. The molecule has 0 amide bonds. The lowest BCUT2D eigenvalue weighted by molar-refractivity contribution is -0.133. The third kappa shape index (κ3) is 3.29. The minimum atomic E-state index is -0.816. The van der Waals surface area contributed by atoms with Gasteiger partial charge >= 0.3 is 5.97 Å². The van der Waals surface area contributed by atoms with Crippen molar-refractivity contribution in [1.29, 1.82) is 0 Å². The third-order valence-corrected chi connectivity index (χ3v) is 4.76. The van der Waals surface area contributed by atoms with Gasteiger partial charge in [0.25, 0.3) is 0 Å². The van der Waals surface area contributed by atoms with E-state index in [1.165, 1.54) is 24.6 Å². The minimum Gasteiger partial charge on any atom is -0.481 e. The van der Waals surface area contributed by atoms with Gasteiger partial charge in [0.2, 0.25) is 0 Å². The van der Waals surface area contributed by atoms with Crippen LogP contribution >= 0.6 is 11.8 Å². The Balaban J connectivity index is 2.24. The number of hydrogen-bond acceptors (Lipinski definition) is 4. The van der Waals surface area contributed by atoms with Gasteiger partial charge in [-0.15, -0.1) is 10.2 Å². The Bertz CT molecular complexity index is 457. The van der Waals surface area contributed by atoms with E-state index in [1.807, 2.05) is 0 Å². The highest BCUT2D eigenvalue weighted by molar-refractivity contribution is 7.99. The van der Waals surface area contributed by atoms with Crippen molar-refractivity contribution in [2.24, 2.45) is 5.92 Å². The van der Waals surface area contributed by atoms with Crippen LogP contribution < -0.4 is 0 Å². The molecular formula is C13H21N3O2S. The van der Waals surface area contributed by atoms with E-state index in [1.54, 1.807) is 0 Å². The van der Waals surface area contributed by atoms with Crippen LogP contribution in [-0.2, 0) is 4.79 Å². The summed E-state index contributed by atoms with van der Waals surface area (Å²) in [5.41, 5.74) is 0. The fourth-order valence-corrected chi connectivity index (χ4v) is 2.86. The lowest BCUT2D eigenvalue weighted by Gasteiger charge is -2.23. The maximum atomic E-state index is 10.7. The SMILES string of the molecule is CCC(C)C(C)n1c(SCC(=O)O)nnc1C1CC1. The monoisotopic (exact) mass is 283 g/mol. The maximum absolute atomic E-state index is 10.7. The van der Waals surface area contributed by atoms with Gasteiger partial charge in [0, 0.05) is 12.0 Å². The fourth-order valence-electron chi connectivity index (χ4n) is 2.11. The molecule has 19 heavy (non-hydrogen) atoms. The molecule has 2 rings (SSSR count). The first-order valence-electron chi connectivity index (χ1n) is 6.84. The Morgan fingerprint density at radius 3 is 2.68 bits per heavy atom. The lowest BCUT2D eigenvalue weighted by Crippen LogP contribution is -2.17. The number of carboxylic acids is 1. The molecule has 0 saturated heterocycles. The van der Waals surface area contributed by atoms with Gasteiger partial charge in [-0.1, -0.05) is 32.0 Å². The van der Waals surface area contributed by atoms with Crippen LogP contribution in [0.4, 0.5) is 0 Å². The van der Waals surface area contributed by atoms with Gasteiger partial charge in [0.15, 0.2) is 5.16 Å². The quantitative estimate of drug-likeness (QED) is 0.779. The van der Waals surface area contributed by atoms with Gasteiger partial charge in [-0.25, -0.2) is 0 Å². The van der Waals surface area contributed by atoms with Crippen molar-refractivity contribution in [2.75, 3.05) is 5.75 Å². The molecule has 0 spiro atoms. The normalized spacial score (nSPS) is 18.3. The first-order chi connectivity index (χ1) is 9.04. The van der Waals surface area contributed by atoms with Gasteiger partial charge in [-0.05, 0) is 25.7 Å². The number of nitrogens with zero attached hydrogens (tertiary/aromatic N) is 3. The lowest BCUT2D eigenvalue weighted by atomic mass is 10.0. The molecule has 1 N–H and O–H groups in total. The second-order valence-electron chi connectivity index (χ2n) is 5.29. The molecule has 0 aromatic carbocycles. The van der Waals surface area contributed by atoms with Crippen molar-refractivity contribution < 1.29 is 9.90 Å². The average Bonchev–Trinajstić information content (AvgIpc) is 3.14. The van der Waals surface area contributed by atoms with E-state index in [2.05, 4.69) is 35.5 Å².